The van der Waals surface area contributed by atoms with Crippen molar-refractivity contribution in [2.45, 2.75) is 25.7 Å². The maximum atomic E-state index is 8.25. The summed E-state index contributed by atoms with van der Waals surface area (Å²) >= 11 is 0. The van der Waals surface area contributed by atoms with E-state index in [0.717, 1.165) is 19.3 Å². The van der Waals surface area contributed by atoms with Crippen LogP contribution in [0.15, 0.2) is 12.4 Å². The quantitative estimate of drug-likeness (QED) is 0.662. The first-order valence-electron chi connectivity index (χ1n) is 3.78. The van der Waals surface area contributed by atoms with Gasteiger partial charge in [-0.1, -0.05) is 0 Å². The van der Waals surface area contributed by atoms with Gasteiger partial charge in [0.05, 0.1) is 12.3 Å². The minimum Gasteiger partial charge on any atom is -0.285 e. The van der Waals surface area contributed by atoms with Crippen molar-refractivity contribution in [3.8, 4) is 6.07 Å². The number of nitrogens with one attached hydrogen (secondary N) is 1. The van der Waals surface area contributed by atoms with Crippen molar-refractivity contribution in [2.24, 2.45) is 0 Å². The first-order valence-corrected chi connectivity index (χ1v) is 3.78. The van der Waals surface area contributed by atoms with E-state index in [-0.39, 0.29) is 0 Å². The summed E-state index contributed by atoms with van der Waals surface area (Å²) in [4.78, 5) is 0. The average Bonchev–Trinajstić information content (AvgIpc) is 2.50. The zero-order valence-corrected chi connectivity index (χ0v) is 6.38. The van der Waals surface area contributed by atoms with Crippen molar-refractivity contribution >= 4 is 0 Å². The molecule has 3 nitrogen and oxygen atoms in total. The normalized spacial score (nSPS) is 9.36. The Morgan fingerprint density at radius 2 is 2.45 bits per heavy atom. The number of hydrogen-bond acceptors (Lipinski definition) is 2. The lowest BCUT2D eigenvalue weighted by Crippen LogP contribution is -1.81. The molecule has 1 heterocycles. The van der Waals surface area contributed by atoms with E-state index in [2.05, 4.69) is 16.3 Å². The number of aromatic nitrogens is 2. The van der Waals surface area contributed by atoms with Gasteiger partial charge in [-0.25, -0.2) is 0 Å². The second-order valence-electron chi connectivity index (χ2n) is 2.47. The van der Waals surface area contributed by atoms with Crippen molar-refractivity contribution < 1.29 is 0 Å². The number of nitrogens with zero attached hydrogens (tertiary/aromatic N) is 2. The molecular weight excluding hydrogens is 138 g/mol. The summed E-state index contributed by atoms with van der Waals surface area (Å²) in [5.74, 6) is 0. The Balaban J connectivity index is 2.10. The van der Waals surface area contributed by atoms with E-state index in [4.69, 9.17) is 5.26 Å². The second kappa shape index (κ2) is 4.51. The zero-order valence-electron chi connectivity index (χ0n) is 6.38. The molecule has 1 aromatic rings. The fourth-order valence-corrected chi connectivity index (χ4v) is 0.948. The van der Waals surface area contributed by atoms with Gasteiger partial charge in [0, 0.05) is 12.6 Å². The third kappa shape index (κ3) is 2.85. The molecule has 11 heavy (non-hydrogen) atoms. The highest BCUT2D eigenvalue weighted by Gasteiger charge is 1.92. The van der Waals surface area contributed by atoms with Gasteiger partial charge >= 0.3 is 0 Å². The lowest BCUT2D eigenvalue weighted by Gasteiger charge is -1.92. The summed E-state index contributed by atoms with van der Waals surface area (Å²) < 4.78 is 0. The molecule has 58 valence electrons. The smallest absolute Gasteiger partial charge is 0.0621 e. The predicted octanol–water partition coefficient (Wildman–Crippen LogP) is 1.65. The Labute approximate surface area is 66.0 Å². The maximum absolute atomic E-state index is 8.25. The van der Waals surface area contributed by atoms with Gasteiger partial charge in [0.25, 0.3) is 0 Å². The van der Waals surface area contributed by atoms with Crippen molar-refractivity contribution in [3.05, 3.63) is 18.0 Å². The molecular formula is C8H11N3. The Kier molecular flexibility index (Phi) is 3.20. The van der Waals surface area contributed by atoms with E-state index in [9.17, 15) is 0 Å². The molecule has 0 saturated heterocycles. The highest BCUT2D eigenvalue weighted by molar-refractivity contribution is 5.01. The Hall–Kier alpha value is -1.30. The van der Waals surface area contributed by atoms with E-state index in [1.807, 2.05) is 12.4 Å². The van der Waals surface area contributed by atoms with Gasteiger partial charge in [0.15, 0.2) is 0 Å². The first-order chi connectivity index (χ1) is 5.43. The van der Waals surface area contributed by atoms with Gasteiger partial charge in [0.1, 0.15) is 0 Å². The summed E-state index contributed by atoms with van der Waals surface area (Å²) in [6, 6.07) is 2.12. The molecule has 0 aliphatic heterocycles. The minimum absolute atomic E-state index is 0.665. The molecule has 0 fully saturated rings. The molecule has 0 bridgehead atoms. The lowest BCUT2D eigenvalue weighted by molar-refractivity contribution is 0.753. The molecule has 0 radical (unpaired) electrons. The first kappa shape index (κ1) is 7.80. The van der Waals surface area contributed by atoms with Crippen molar-refractivity contribution in [1.82, 2.24) is 10.2 Å². The molecule has 1 aromatic heterocycles. The van der Waals surface area contributed by atoms with Gasteiger partial charge in [-0.15, -0.1) is 0 Å². The lowest BCUT2D eigenvalue weighted by atomic mass is 10.1. The number of hydrogen-bond donors (Lipinski definition) is 1. The number of H-pyrrole nitrogens is 1. The Morgan fingerprint density at radius 3 is 3.09 bits per heavy atom. The molecule has 0 atom stereocenters. The number of unbranched alkanes of at least 4 members (excludes halogenated alkanes) is 2. The molecule has 1 rings (SSSR count). The minimum atomic E-state index is 0.665. The van der Waals surface area contributed by atoms with Crippen molar-refractivity contribution in [3.63, 3.8) is 0 Å². The van der Waals surface area contributed by atoms with E-state index in [1.165, 1.54) is 5.56 Å². The molecule has 0 saturated carbocycles. The van der Waals surface area contributed by atoms with Crippen LogP contribution in [0.2, 0.25) is 0 Å². The summed E-state index contributed by atoms with van der Waals surface area (Å²) in [6.45, 7) is 0. The Morgan fingerprint density at radius 1 is 1.55 bits per heavy atom. The molecule has 0 spiro atoms. The van der Waals surface area contributed by atoms with E-state index < -0.39 is 0 Å². The van der Waals surface area contributed by atoms with Crippen LogP contribution in [0.1, 0.15) is 24.8 Å². The van der Waals surface area contributed by atoms with Crippen LogP contribution in [0, 0.1) is 11.3 Å². The number of nitriles is 1. The van der Waals surface area contributed by atoms with Crippen LogP contribution in [-0.2, 0) is 6.42 Å². The highest BCUT2D eigenvalue weighted by atomic mass is 15.1. The predicted molar refractivity (Wildman–Crippen MR) is 41.8 cm³/mol. The molecule has 0 aliphatic carbocycles. The van der Waals surface area contributed by atoms with E-state index >= 15 is 0 Å². The van der Waals surface area contributed by atoms with Crippen LogP contribution in [0.4, 0.5) is 0 Å². The van der Waals surface area contributed by atoms with Crippen LogP contribution in [0.5, 0.6) is 0 Å². The third-order valence-electron chi connectivity index (χ3n) is 1.56. The molecule has 0 aromatic carbocycles. The maximum Gasteiger partial charge on any atom is 0.0621 e. The monoisotopic (exact) mass is 149 g/mol. The van der Waals surface area contributed by atoms with Gasteiger partial charge in [-0.2, -0.15) is 10.4 Å². The number of aryl methyl sites for hydroxylation is 1. The SMILES string of the molecule is N#CCCCCc1cn[nH]c1. The van der Waals surface area contributed by atoms with Crippen LogP contribution in [0.3, 0.4) is 0 Å². The third-order valence-corrected chi connectivity index (χ3v) is 1.56. The van der Waals surface area contributed by atoms with Gasteiger partial charge < -0.3 is 0 Å². The largest absolute Gasteiger partial charge is 0.285 e. The van der Waals surface area contributed by atoms with Crippen LogP contribution < -0.4 is 0 Å². The number of rotatable bonds is 4. The van der Waals surface area contributed by atoms with Crippen LogP contribution in [0.25, 0.3) is 0 Å². The molecule has 3 heteroatoms. The Bertz CT molecular complexity index is 220. The standard InChI is InChI=1S/C8H11N3/c9-5-3-1-2-4-8-6-10-11-7-8/h6-7H,1-4H2,(H,10,11). The van der Waals surface area contributed by atoms with Crippen LogP contribution in [-0.4, -0.2) is 10.2 Å². The molecule has 0 unspecified atom stereocenters. The van der Waals surface area contributed by atoms with Crippen LogP contribution >= 0.6 is 0 Å². The zero-order chi connectivity index (χ0) is 7.94. The average molecular weight is 149 g/mol. The van der Waals surface area contributed by atoms with Gasteiger partial charge in [0.2, 0.25) is 0 Å². The summed E-state index contributed by atoms with van der Waals surface area (Å²) in [5.41, 5.74) is 1.22. The topological polar surface area (TPSA) is 52.5 Å². The van der Waals surface area contributed by atoms with Crippen molar-refractivity contribution in [1.29, 1.82) is 5.26 Å². The summed E-state index contributed by atoms with van der Waals surface area (Å²) in [7, 11) is 0. The number of aromatic amines is 1. The summed E-state index contributed by atoms with van der Waals surface area (Å²) in [6.07, 6.45) is 7.48. The molecule has 1 N–H and O–H groups in total. The van der Waals surface area contributed by atoms with Gasteiger partial charge in [-0.05, 0) is 24.8 Å². The van der Waals surface area contributed by atoms with Gasteiger partial charge in [-0.3, -0.25) is 5.10 Å². The van der Waals surface area contributed by atoms with E-state index in [1.54, 1.807) is 0 Å². The van der Waals surface area contributed by atoms with E-state index in [0.29, 0.717) is 6.42 Å². The second-order valence-corrected chi connectivity index (χ2v) is 2.47. The molecule has 0 aliphatic rings. The highest BCUT2D eigenvalue weighted by Crippen LogP contribution is 2.02. The molecule has 0 amide bonds. The fourth-order valence-electron chi connectivity index (χ4n) is 0.948. The van der Waals surface area contributed by atoms with Crippen molar-refractivity contribution in [2.75, 3.05) is 0 Å². The summed E-state index contributed by atoms with van der Waals surface area (Å²) in [5, 5.41) is 14.8. The fraction of sp³-hybridized carbons (Fsp3) is 0.500.